The van der Waals surface area contributed by atoms with Gasteiger partial charge in [0, 0.05) is 24.4 Å². The number of nitro benzene ring substituents is 1. The summed E-state index contributed by atoms with van der Waals surface area (Å²) in [5.41, 5.74) is 0.497. The van der Waals surface area contributed by atoms with Crippen molar-refractivity contribution in [2.45, 2.75) is 31.9 Å². The molecule has 1 aromatic rings. The molecule has 2 rings (SSSR count). The molecular formula is C13H17N3O4. The number of hydrogen-bond acceptors (Lipinski definition) is 4. The lowest BCUT2D eigenvalue weighted by molar-refractivity contribution is -0.384. The van der Waals surface area contributed by atoms with E-state index in [1.54, 1.807) is 0 Å². The molecule has 2 atom stereocenters. The Balaban J connectivity index is 1.85. The minimum atomic E-state index is -0.483. The van der Waals surface area contributed by atoms with E-state index in [1.807, 2.05) is 6.92 Å². The maximum absolute atomic E-state index is 11.8. The average Bonchev–Trinajstić information content (AvgIpc) is 2.93. The van der Waals surface area contributed by atoms with Crippen molar-refractivity contribution in [2.75, 3.05) is 11.9 Å². The summed E-state index contributed by atoms with van der Waals surface area (Å²) in [6, 6.07) is 5.26. The third-order valence-electron chi connectivity index (χ3n) is 3.22. The first kappa shape index (κ1) is 14.3. The molecule has 1 fully saturated rings. The second-order valence-electron chi connectivity index (χ2n) is 4.74. The smallest absolute Gasteiger partial charge is 0.319 e. The maximum Gasteiger partial charge on any atom is 0.319 e. The van der Waals surface area contributed by atoms with E-state index in [0.29, 0.717) is 5.69 Å². The molecule has 7 heteroatoms. The predicted octanol–water partition coefficient (Wildman–Crippen LogP) is 2.28. The number of carbonyl (C=O) groups excluding carboxylic acids is 1. The number of anilines is 1. The number of urea groups is 1. The van der Waals surface area contributed by atoms with Crippen LogP contribution in [0.5, 0.6) is 0 Å². The average molecular weight is 279 g/mol. The van der Waals surface area contributed by atoms with Gasteiger partial charge in [0.2, 0.25) is 0 Å². The Hall–Kier alpha value is -2.15. The van der Waals surface area contributed by atoms with Gasteiger partial charge in [-0.25, -0.2) is 4.79 Å². The van der Waals surface area contributed by atoms with Crippen LogP contribution in [0.3, 0.4) is 0 Å². The van der Waals surface area contributed by atoms with Crippen LogP contribution >= 0.6 is 0 Å². The van der Waals surface area contributed by atoms with E-state index in [1.165, 1.54) is 24.3 Å². The number of rotatable bonds is 4. The maximum atomic E-state index is 11.8. The Bertz CT molecular complexity index is 483. The van der Waals surface area contributed by atoms with Gasteiger partial charge in [-0.15, -0.1) is 0 Å². The first-order valence-corrected chi connectivity index (χ1v) is 6.50. The van der Waals surface area contributed by atoms with Crippen molar-refractivity contribution in [3.63, 3.8) is 0 Å². The highest BCUT2D eigenvalue weighted by Gasteiger charge is 2.23. The molecule has 1 aliphatic rings. The second-order valence-corrected chi connectivity index (χ2v) is 4.74. The number of nitrogens with zero attached hydrogens (tertiary/aromatic N) is 1. The van der Waals surface area contributed by atoms with Gasteiger partial charge < -0.3 is 15.4 Å². The molecule has 7 nitrogen and oxygen atoms in total. The van der Waals surface area contributed by atoms with Crippen LogP contribution in [0, 0.1) is 10.1 Å². The molecule has 0 bridgehead atoms. The van der Waals surface area contributed by atoms with Gasteiger partial charge in [-0.1, -0.05) is 0 Å². The molecule has 20 heavy (non-hydrogen) atoms. The van der Waals surface area contributed by atoms with Gasteiger partial charge >= 0.3 is 6.03 Å². The summed E-state index contributed by atoms with van der Waals surface area (Å²) in [4.78, 5) is 21.8. The fourth-order valence-electron chi connectivity index (χ4n) is 2.13. The summed E-state index contributed by atoms with van der Waals surface area (Å²) in [6.45, 7) is 2.63. The Kier molecular flexibility index (Phi) is 4.52. The quantitative estimate of drug-likeness (QED) is 0.653. The van der Waals surface area contributed by atoms with Crippen LogP contribution < -0.4 is 10.6 Å². The molecule has 2 N–H and O–H groups in total. The van der Waals surface area contributed by atoms with Crippen LogP contribution in [-0.2, 0) is 4.74 Å². The van der Waals surface area contributed by atoms with Gasteiger partial charge in [0.25, 0.3) is 5.69 Å². The monoisotopic (exact) mass is 279 g/mol. The fourth-order valence-corrected chi connectivity index (χ4v) is 2.13. The van der Waals surface area contributed by atoms with Gasteiger partial charge in [-0.05, 0) is 31.9 Å². The summed E-state index contributed by atoms with van der Waals surface area (Å²) in [5.74, 6) is 0. The van der Waals surface area contributed by atoms with E-state index >= 15 is 0 Å². The first-order valence-electron chi connectivity index (χ1n) is 6.50. The zero-order valence-corrected chi connectivity index (χ0v) is 11.2. The molecule has 0 spiro atoms. The molecule has 2 amide bonds. The number of benzene rings is 1. The highest BCUT2D eigenvalue weighted by Crippen LogP contribution is 2.17. The zero-order chi connectivity index (χ0) is 14.5. The van der Waals surface area contributed by atoms with Crippen molar-refractivity contribution >= 4 is 17.4 Å². The second kappa shape index (κ2) is 6.33. The highest BCUT2D eigenvalue weighted by molar-refractivity contribution is 5.89. The zero-order valence-electron chi connectivity index (χ0n) is 11.2. The van der Waals surface area contributed by atoms with Crippen molar-refractivity contribution in [3.8, 4) is 0 Å². The van der Waals surface area contributed by atoms with Gasteiger partial charge in [0.15, 0.2) is 0 Å². The van der Waals surface area contributed by atoms with Crippen LogP contribution in [0.2, 0.25) is 0 Å². The highest BCUT2D eigenvalue weighted by atomic mass is 16.6. The minimum Gasteiger partial charge on any atom is -0.376 e. The summed E-state index contributed by atoms with van der Waals surface area (Å²) >= 11 is 0. The summed E-state index contributed by atoms with van der Waals surface area (Å²) < 4.78 is 5.49. The normalized spacial score (nSPS) is 19.4. The summed E-state index contributed by atoms with van der Waals surface area (Å²) in [6.07, 6.45) is 2.01. The molecule has 0 saturated carbocycles. The van der Waals surface area contributed by atoms with Crippen molar-refractivity contribution in [1.82, 2.24) is 5.32 Å². The van der Waals surface area contributed by atoms with Gasteiger partial charge in [0.1, 0.15) is 0 Å². The number of nitrogens with one attached hydrogen (secondary N) is 2. The van der Waals surface area contributed by atoms with Gasteiger partial charge in [-0.3, -0.25) is 10.1 Å². The van der Waals surface area contributed by atoms with Crippen LogP contribution in [0.15, 0.2) is 24.3 Å². The number of hydrogen-bond donors (Lipinski definition) is 2. The summed E-state index contributed by atoms with van der Waals surface area (Å²) in [7, 11) is 0. The molecule has 1 saturated heterocycles. The molecule has 1 aliphatic heterocycles. The van der Waals surface area contributed by atoms with Gasteiger partial charge in [-0.2, -0.15) is 0 Å². The van der Waals surface area contributed by atoms with Crippen LogP contribution in [0.4, 0.5) is 16.2 Å². The van der Waals surface area contributed by atoms with Crippen LogP contribution in [0.1, 0.15) is 19.8 Å². The lowest BCUT2D eigenvalue weighted by Crippen LogP contribution is -2.42. The van der Waals surface area contributed by atoms with Crippen molar-refractivity contribution < 1.29 is 14.5 Å². The number of non-ortho nitro benzene ring substituents is 1. The van der Waals surface area contributed by atoms with E-state index in [4.69, 9.17) is 4.74 Å². The number of carbonyl (C=O) groups is 1. The SMILES string of the molecule is C[C@H](NC(=O)Nc1ccc([N+](=O)[O-])cc1)[C@H]1CCCO1. The molecule has 0 unspecified atom stereocenters. The lowest BCUT2D eigenvalue weighted by Gasteiger charge is -2.20. The molecular weight excluding hydrogens is 262 g/mol. The molecule has 0 aliphatic carbocycles. The first-order chi connectivity index (χ1) is 9.56. The molecule has 108 valence electrons. The Labute approximate surface area is 116 Å². The van der Waals surface area contributed by atoms with E-state index in [2.05, 4.69) is 10.6 Å². The molecule has 1 aromatic carbocycles. The third kappa shape index (κ3) is 3.67. The van der Waals surface area contributed by atoms with Crippen LogP contribution in [0.25, 0.3) is 0 Å². The molecule has 0 radical (unpaired) electrons. The Morgan fingerprint density at radius 3 is 2.70 bits per heavy atom. The topological polar surface area (TPSA) is 93.5 Å². The number of nitro groups is 1. The van der Waals surface area contributed by atoms with E-state index < -0.39 is 4.92 Å². The van der Waals surface area contributed by atoms with Gasteiger partial charge in [0.05, 0.1) is 17.1 Å². The molecule has 1 heterocycles. The summed E-state index contributed by atoms with van der Waals surface area (Å²) in [5, 5.41) is 16.0. The van der Waals surface area contributed by atoms with E-state index in [9.17, 15) is 14.9 Å². The predicted molar refractivity (Wildman–Crippen MR) is 73.7 cm³/mol. The van der Waals surface area contributed by atoms with E-state index in [0.717, 1.165) is 19.4 Å². The Morgan fingerprint density at radius 2 is 2.15 bits per heavy atom. The van der Waals surface area contributed by atoms with E-state index in [-0.39, 0.29) is 23.9 Å². The number of amides is 2. The molecule has 0 aromatic heterocycles. The fraction of sp³-hybridized carbons (Fsp3) is 0.462. The minimum absolute atomic E-state index is 0.0105. The largest absolute Gasteiger partial charge is 0.376 e. The van der Waals surface area contributed by atoms with Crippen molar-refractivity contribution in [3.05, 3.63) is 34.4 Å². The lowest BCUT2D eigenvalue weighted by atomic mass is 10.1. The van der Waals surface area contributed by atoms with Crippen LogP contribution in [-0.4, -0.2) is 29.7 Å². The standard InChI is InChI=1S/C13H17N3O4/c1-9(12-3-2-8-20-12)14-13(17)15-10-4-6-11(7-5-10)16(18)19/h4-7,9,12H,2-3,8H2,1H3,(H2,14,15,17)/t9-,12+/m0/s1. The third-order valence-corrected chi connectivity index (χ3v) is 3.22. The Morgan fingerprint density at radius 1 is 1.45 bits per heavy atom. The van der Waals surface area contributed by atoms with Crippen molar-refractivity contribution in [1.29, 1.82) is 0 Å². The number of ether oxygens (including phenoxy) is 1. The van der Waals surface area contributed by atoms with Crippen molar-refractivity contribution in [2.24, 2.45) is 0 Å².